The second-order valence-electron chi connectivity index (χ2n) is 3.78. The lowest BCUT2D eigenvalue weighted by molar-refractivity contribution is 0.00450. The number of hydrogen-bond donors (Lipinski definition) is 1. The molecule has 0 atom stereocenters. The number of aromatic nitrogens is 2. The van der Waals surface area contributed by atoms with Gasteiger partial charge >= 0.3 is 0 Å². The standard InChI is InChI=1S/C10H16BrN3O/c1-3-8-10(11)9(14(2)13-8)6-15-7-4-12-5-7/h7,12H,3-6H2,1-2H3. The second kappa shape index (κ2) is 4.63. The molecule has 0 spiro atoms. The van der Waals surface area contributed by atoms with E-state index in [0.717, 1.165) is 35.4 Å². The van der Waals surface area contributed by atoms with E-state index in [1.807, 2.05) is 11.7 Å². The maximum absolute atomic E-state index is 5.73. The van der Waals surface area contributed by atoms with Crippen LogP contribution in [0.3, 0.4) is 0 Å². The third-order valence-electron chi connectivity index (χ3n) is 2.70. The van der Waals surface area contributed by atoms with E-state index >= 15 is 0 Å². The molecule has 1 aromatic heterocycles. The molecule has 15 heavy (non-hydrogen) atoms. The predicted octanol–water partition coefficient (Wildman–Crippen LogP) is 1.23. The molecule has 1 aliphatic rings. The molecule has 0 amide bonds. The Morgan fingerprint density at radius 1 is 1.60 bits per heavy atom. The molecule has 1 fully saturated rings. The lowest BCUT2D eigenvalue weighted by Crippen LogP contribution is -2.48. The minimum atomic E-state index is 0.372. The van der Waals surface area contributed by atoms with Crippen molar-refractivity contribution in [2.45, 2.75) is 26.1 Å². The maximum Gasteiger partial charge on any atom is 0.0901 e. The summed E-state index contributed by atoms with van der Waals surface area (Å²) >= 11 is 3.57. The molecule has 1 aromatic rings. The summed E-state index contributed by atoms with van der Waals surface area (Å²) < 4.78 is 8.72. The molecule has 2 heterocycles. The molecule has 0 radical (unpaired) electrons. The molecule has 4 nitrogen and oxygen atoms in total. The van der Waals surface area contributed by atoms with Crippen molar-refractivity contribution in [2.75, 3.05) is 13.1 Å². The molecule has 1 saturated heterocycles. The number of aryl methyl sites for hydroxylation is 2. The van der Waals surface area contributed by atoms with Crippen LogP contribution in [0, 0.1) is 0 Å². The zero-order valence-electron chi connectivity index (χ0n) is 9.09. The molecule has 0 saturated carbocycles. The zero-order valence-corrected chi connectivity index (χ0v) is 10.7. The number of nitrogens with zero attached hydrogens (tertiary/aromatic N) is 2. The van der Waals surface area contributed by atoms with Gasteiger partial charge in [0.1, 0.15) is 0 Å². The second-order valence-corrected chi connectivity index (χ2v) is 4.57. The van der Waals surface area contributed by atoms with E-state index in [0.29, 0.717) is 12.7 Å². The van der Waals surface area contributed by atoms with Crippen molar-refractivity contribution < 1.29 is 4.74 Å². The predicted molar refractivity (Wildman–Crippen MR) is 61.7 cm³/mol. The maximum atomic E-state index is 5.73. The van der Waals surface area contributed by atoms with E-state index in [4.69, 9.17) is 4.74 Å². The number of ether oxygens (including phenoxy) is 1. The normalized spacial score (nSPS) is 16.7. The average molecular weight is 274 g/mol. The summed E-state index contributed by atoms with van der Waals surface area (Å²) in [6.45, 7) is 4.68. The van der Waals surface area contributed by atoms with E-state index in [-0.39, 0.29) is 0 Å². The molecule has 84 valence electrons. The highest BCUT2D eigenvalue weighted by atomic mass is 79.9. The first-order valence-corrected chi connectivity index (χ1v) is 6.04. The molecule has 0 unspecified atom stereocenters. The first-order chi connectivity index (χ1) is 7.22. The molecular formula is C10H16BrN3O. The van der Waals surface area contributed by atoms with Crippen LogP contribution < -0.4 is 5.32 Å². The van der Waals surface area contributed by atoms with Gasteiger partial charge in [-0.15, -0.1) is 0 Å². The minimum absolute atomic E-state index is 0.372. The van der Waals surface area contributed by atoms with Gasteiger partial charge in [0.2, 0.25) is 0 Å². The Kier molecular flexibility index (Phi) is 3.43. The van der Waals surface area contributed by atoms with Crippen molar-refractivity contribution in [3.63, 3.8) is 0 Å². The van der Waals surface area contributed by atoms with Crippen molar-refractivity contribution in [3.8, 4) is 0 Å². The summed E-state index contributed by atoms with van der Waals surface area (Å²) in [7, 11) is 1.96. The van der Waals surface area contributed by atoms with Crippen molar-refractivity contribution in [2.24, 2.45) is 7.05 Å². The van der Waals surface area contributed by atoms with Crippen LogP contribution in [0.2, 0.25) is 0 Å². The van der Waals surface area contributed by atoms with E-state index in [2.05, 4.69) is 33.3 Å². The van der Waals surface area contributed by atoms with E-state index in [9.17, 15) is 0 Å². The van der Waals surface area contributed by atoms with E-state index in [1.54, 1.807) is 0 Å². The molecule has 2 rings (SSSR count). The summed E-state index contributed by atoms with van der Waals surface area (Å²) in [5.74, 6) is 0. The van der Waals surface area contributed by atoms with Gasteiger partial charge in [0, 0.05) is 20.1 Å². The Morgan fingerprint density at radius 3 is 2.80 bits per heavy atom. The fraction of sp³-hybridized carbons (Fsp3) is 0.700. The highest BCUT2D eigenvalue weighted by Crippen LogP contribution is 2.22. The Morgan fingerprint density at radius 2 is 2.33 bits per heavy atom. The molecule has 0 bridgehead atoms. The molecule has 0 aromatic carbocycles. The number of halogens is 1. The van der Waals surface area contributed by atoms with Crippen LogP contribution in [0.1, 0.15) is 18.3 Å². The summed E-state index contributed by atoms with van der Waals surface area (Å²) in [6, 6.07) is 0. The van der Waals surface area contributed by atoms with Crippen LogP contribution in [-0.4, -0.2) is 29.0 Å². The van der Waals surface area contributed by atoms with Gasteiger partial charge in [-0.3, -0.25) is 4.68 Å². The highest BCUT2D eigenvalue weighted by Gasteiger charge is 2.19. The fourth-order valence-electron chi connectivity index (χ4n) is 1.55. The monoisotopic (exact) mass is 273 g/mol. The molecule has 0 aliphatic carbocycles. The van der Waals surface area contributed by atoms with Crippen molar-refractivity contribution >= 4 is 15.9 Å². The summed E-state index contributed by atoms with van der Waals surface area (Å²) in [5.41, 5.74) is 2.22. The van der Waals surface area contributed by atoms with Crippen LogP contribution in [0.5, 0.6) is 0 Å². The molecule has 5 heteroatoms. The van der Waals surface area contributed by atoms with Crippen LogP contribution >= 0.6 is 15.9 Å². The van der Waals surface area contributed by atoms with Crippen LogP contribution in [0.15, 0.2) is 4.47 Å². The van der Waals surface area contributed by atoms with Gasteiger partial charge in [-0.1, -0.05) is 6.92 Å². The third-order valence-corrected chi connectivity index (χ3v) is 3.62. The van der Waals surface area contributed by atoms with Gasteiger partial charge in [0.05, 0.1) is 28.6 Å². The summed E-state index contributed by atoms with van der Waals surface area (Å²) in [6.07, 6.45) is 1.32. The number of hydrogen-bond acceptors (Lipinski definition) is 3. The Bertz CT molecular complexity index is 347. The summed E-state index contributed by atoms with van der Waals surface area (Å²) in [5, 5.41) is 7.61. The lowest BCUT2D eigenvalue weighted by atomic mass is 10.2. The van der Waals surface area contributed by atoms with Gasteiger partial charge in [0.15, 0.2) is 0 Å². The van der Waals surface area contributed by atoms with Gasteiger partial charge in [0.25, 0.3) is 0 Å². The minimum Gasteiger partial charge on any atom is -0.369 e. The SMILES string of the molecule is CCc1nn(C)c(COC2CNC2)c1Br. The van der Waals surface area contributed by atoms with Gasteiger partial charge < -0.3 is 10.1 Å². The Hall–Kier alpha value is -0.390. The van der Waals surface area contributed by atoms with Crippen LogP contribution in [0.25, 0.3) is 0 Å². The van der Waals surface area contributed by atoms with Gasteiger partial charge in [-0.25, -0.2) is 0 Å². The number of rotatable bonds is 4. The Labute approximate surface area is 98.1 Å². The van der Waals surface area contributed by atoms with E-state index in [1.165, 1.54) is 0 Å². The van der Waals surface area contributed by atoms with Gasteiger partial charge in [-0.2, -0.15) is 5.10 Å². The zero-order chi connectivity index (χ0) is 10.8. The van der Waals surface area contributed by atoms with Crippen LogP contribution in [-0.2, 0) is 24.8 Å². The summed E-state index contributed by atoms with van der Waals surface area (Å²) in [4.78, 5) is 0. The molecular weight excluding hydrogens is 258 g/mol. The van der Waals surface area contributed by atoms with Crippen molar-refractivity contribution in [1.29, 1.82) is 0 Å². The number of nitrogens with one attached hydrogen (secondary N) is 1. The van der Waals surface area contributed by atoms with E-state index < -0.39 is 0 Å². The highest BCUT2D eigenvalue weighted by molar-refractivity contribution is 9.10. The largest absolute Gasteiger partial charge is 0.369 e. The quantitative estimate of drug-likeness (QED) is 0.897. The van der Waals surface area contributed by atoms with Crippen LogP contribution in [0.4, 0.5) is 0 Å². The topological polar surface area (TPSA) is 39.1 Å². The van der Waals surface area contributed by atoms with Gasteiger partial charge in [-0.05, 0) is 22.4 Å². The molecule has 1 N–H and O–H groups in total. The smallest absolute Gasteiger partial charge is 0.0901 e. The first-order valence-electron chi connectivity index (χ1n) is 5.25. The third kappa shape index (κ3) is 2.24. The Balaban J connectivity index is 2.02. The molecule has 1 aliphatic heterocycles. The fourth-order valence-corrected chi connectivity index (χ4v) is 2.28. The van der Waals surface area contributed by atoms with Crippen molar-refractivity contribution in [1.82, 2.24) is 15.1 Å². The average Bonchev–Trinajstić information content (AvgIpc) is 2.42. The first kappa shape index (κ1) is 11.1. The lowest BCUT2D eigenvalue weighted by Gasteiger charge is -2.27. The van der Waals surface area contributed by atoms with Crippen molar-refractivity contribution in [3.05, 3.63) is 15.9 Å².